The third-order valence-electron chi connectivity index (χ3n) is 2.33. The van der Waals surface area contributed by atoms with Gasteiger partial charge in [0.2, 0.25) is 0 Å². The molecule has 4 nitrogen and oxygen atoms in total. The first-order chi connectivity index (χ1) is 8.67. The Balaban J connectivity index is 2.01. The molecule has 0 bridgehead atoms. The van der Waals surface area contributed by atoms with Gasteiger partial charge in [-0.25, -0.2) is 4.98 Å². The molecule has 0 saturated heterocycles. The molecule has 1 aromatic carbocycles. The predicted molar refractivity (Wildman–Crippen MR) is 69.1 cm³/mol. The molecule has 0 unspecified atom stereocenters. The molecule has 1 aromatic heterocycles. The monoisotopic (exact) mass is 264 g/mol. The van der Waals surface area contributed by atoms with E-state index >= 15 is 0 Å². The van der Waals surface area contributed by atoms with E-state index in [2.05, 4.69) is 9.97 Å². The minimum atomic E-state index is 0.288. The Kier molecular flexibility index (Phi) is 3.99. The van der Waals surface area contributed by atoms with Crippen molar-refractivity contribution < 1.29 is 9.47 Å². The topological polar surface area (TPSA) is 44.2 Å². The summed E-state index contributed by atoms with van der Waals surface area (Å²) in [6.45, 7) is 2.23. The molecular formula is C13H13ClN2O2. The van der Waals surface area contributed by atoms with Gasteiger partial charge in [-0.05, 0) is 30.7 Å². The Morgan fingerprint density at radius 3 is 2.50 bits per heavy atom. The summed E-state index contributed by atoms with van der Waals surface area (Å²) in [5, 5.41) is 0.382. The molecule has 0 fully saturated rings. The highest BCUT2D eigenvalue weighted by molar-refractivity contribution is 6.29. The molecule has 0 amide bonds. The van der Waals surface area contributed by atoms with Gasteiger partial charge < -0.3 is 9.47 Å². The zero-order valence-electron chi connectivity index (χ0n) is 10.2. The summed E-state index contributed by atoms with van der Waals surface area (Å²) in [4.78, 5) is 8.13. The van der Waals surface area contributed by atoms with Crippen molar-refractivity contribution in [1.82, 2.24) is 9.97 Å². The summed E-state index contributed by atoms with van der Waals surface area (Å²) in [5.74, 6) is 0.814. The fourth-order valence-corrected chi connectivity index (χ4v) is 1.67. The van der Waals surface area contributed by atoms with Crippen molar-refractivity contribution in [3.8, 4) is 11.8 Å². The molecule has 2 aromatic rings. The lowest BCUT2D eigenvalue weighted by Crippen LogP contribution is -2.00. The molecule has 94 valence electrons. The van der Waals surface area contributed by atoms with Gasteiger partial charge >= 0.3 is 6.01 Å². The first-order valence-electron chi connectivity index (χ1n) is 5.44. The van der Waals surface area contributed by atoms with Gasteiger partial charge in [0.1, 0.15) is 17.5 Å². The molecule has 0 radical (unpaired) electrons. The van der Waals surface area contributed by atoms with Crippen LogP contribution in [0.15, 0.2) is 30.3 Å². The Morgan fingerprint density at radius 1 is 1.17 bits per heavy atom. The summed E-state index contributed by atoms with van der Waals surface area (Å²) in [6, 6.07) is 9.58. The molecule has 0 N–H and O–H groups in total. The van der Waals surface area contributed by atoms with Crippen LogP contribution in [0.25, 0.3) is 0 Å². The molecule has 5 heteroatoms. The zero-order chi connectivity index (χ0) is 13.0. The highest BCUT2D eigenvalue weighted by Crippen LogP contribution is 2.15. The number of aryl methyl sites for hydroxylation is 1. The number of aromatic nitrogens is 2. The van der Waals surface area contributed by atoms with E-state index in [1.165, 1.54) is 0 Å². The highest BCUT2D eigenvalue weighted by atomic mass is 35.5. The average Bonchev–Trinajstić information content (AvgIpc) is 2.36. The van der Waals surface area contributed by atoms with Crippen molar-refractivity contribution in [3.05, 3.63) is 46.7 Å². The van der Waals surface area contributed by atoms with Crippen molar-refractivity contribution in [2.24, 2.45) is 0 Å². The van der Waals surface area contributed by atoms with Crippen LogP contribution in [-0.2, 0) is 6.61 Å². The van der Waals surface area contributed by atoms with Crippen LogP contribution in [0.5, 0.6) is 11.8 Å². The maximum Gasteiger partial charge on any atom is 0.318 e. The SMILES string of the molecule is COc1ccc(COc2nc(C)cc(Cl)n2)cc1. The first kappa shape index (κ1) is 12.6. The van der Waals surface area contributed by atoms with E-state index < -0.39 is 0 Å². The van der Waals surface area contributed by atoms with E-state index in [9.17, 15) is 0 Å². The van der Waals surface area contributed by atoms with Crippen LogP contribution in [0.4, 0.5) is 0 Å². The van der Waals surface area contributed by atoms with Crippen molar-refractivity contribution >= 4 is 11.6 Å². The second-order valence-corrected chi connectivity index (χ2v) is 4.14. The fourth-order valence-electron chi connectivity index (χ4n) is 1.44. The van der Waals surface area contributed by atoms with Gasteiger partial charge in [0.15, 0.2) is 0 Å². The maximum atomic E-state index is 5.82. The lowest BCUT2D eigenvalue weighted by atomic mass is 10.2. The van der Waals surface area contributed by atoms with Crippen molar-refractivity contribution in [3.63, 3.8) is 0 Å². The van der Waals surface area contributed by atoms with Gasteiger partial charge in [-0.2, -0.15) is 4.98 Å². The standard InChI is InChI=1S/C13H13ClN2O2/c1-9-7-12(14)16-13(15-9)18-8-10-3-5-11(17-2)6-4-10/h3-7H,8H2,1-2H3. The van der Waals surface area contributed by atoms with E-state index in [1.807, 2.05) is 31.2 Å². The van der Waals surface area contributed by atoms with Gasteiger partial charge in [-0.1, -0.05) is 23.7 Å². The summed E-state index contributed by atoms with van der Waals surface area (Å²) in [7, 11) is 1.63. The Morgan fingerprint density at radius 2 is 1.89 bits per heavy atom. The van der Waals surface area contributed by atoms with Crippen LogP contribution in [0, 0.1) is 6.92 Å². The minimum Gasteiger partial charge on any atom is -0.497 e. The van der Waals surface area contributed by atoms with E-state index in [0.29, 0.717) is 11.8 Å². The fraction of sp³-hybridized carbons (Fsp3) is 0.231. The van der Waals surface area contributed by atoms with Gasteiger partial charge in [0.05, 0.1) is 7.11 Å². The molecule has 18 heavy (non-hydrogen) atoms. The smallest absolute Gasteiger partial charge is 0.318 e. The van der Waals surface area contributed by atoms with Crippen LogP contribution >= 0.6 is 11.6 Å². The number of nitrogens with zero attached hydrogens (tertiary/aromatic N) is 2. The Bertz CT molecular complexity index is 509. The zero-order valence-corrected chi connectivity index (χ0v) is 10.9. The van der Waals surface area contributed by atoms with Gasteiger partial charge in [0.25, 0.3) is 0 Å². The van der Waals surface area contributed by atoms with Gasteiger partial charge in [-0.3, -0.25) is 0 Å². The first-order valence-corrected chi connectivity index (χ1v) is 5.82. The van der Waals surface area contributed by atoms with E-state index in [0.717, 1.165) is 17.0 Å². The molecule has 0 aliphatic rings. The van der Waals surface area contributed by atoms with Crippen molar-refractivity contribution in [1.29, 1.82) is 0 Å². The Hall–Kier alpha value is -1.81. The van der Waals surface area contributed by atoms with Crippen LogP contribution in [0.3, 0.4) is 0 Å². The lowest BCUT2D eigenvalue weighted by Gasteiger charge is -2.06. The number of ether oxygens (including phenoxy) is 2. The maximum absolute atomic E-state index is 5.82. The predicted octanol–water partition coefficient (Wildman–Crippen LogP) is 3.03. The quantitative estimate of drug-likeness (QED) is 0.796. The number of hydrogen-bond donors (Lipinski definition) is 0. The summed E-state index contributed by atoms with van der Waals surface area (Å²) < 4.78 is 10.6. The summed E-state index contributed by atoms with van der Waals surface area (Å²) in [6.07, 6.45) is 0. The Labute approximate surface area is 111 Å². The molecule has 1 heterocycles. The minimum absolute atomic E-state index is 0.288. The average molecular weight is 265 g/mol. The second-order valence-electron chi connectivity index (χ2n) is 3.75. The van der Waals surface area contributed by atoms with Crippen LogP contribution in [0.2, 0.25) is 5.15 Å². The van der Waals surface area contributed by atoms with Crippen LogP contribution in [-0.4, -0.2) is 17.1 Å². The van der Waals surface area contributed by atoms with Crippen molar-refractivity contribution in [2.75, 3.05) is 7.11 Å². The van der Waals surface area contributed by atoms with Crippen LogP contribution < -0.4 is 9.47 Å². The van der Waals surface area contributed by atoms with Crippen molar-refractivity contribution in [2.45, 2.75) is 13.5 Å². The third-order valence-corrected chi connectivity index (χ3v) is 2.52. The lowest BCUT2D eigenvalue weighted by molar-refractivity contribution is 0.280. The van der Waals surface area contributed by atoms with E-state index in [-0.39, 0.29) is 6.01 Å². The number of hydrogen-bond acceptors (Lipinski definition) is 4. The summed E-state index contributed by atoms with van der Waals surface area (Å²) in [5.41, 5.74) is 1.79. The van der Waals surface area contributed by atoms with E-state index in [4.69, 9.17) is 21.1 Å². The number of benzene rings is 1. The highest BCUT2D eigenvalue weighted by Gasteiger charge is 2.02. The third kappa shape index (κ3) is 3.34. The molecule has 0 aliphatic carbocycles. The number of methoxy groups -OCH3 is 1. The molecule has 0 atom stereocenters. The summed E-state index contributed by atoms with van der Waals surface area (Å²) >= 11 is 5.82. The number of halogens is 1. The van der Waals surface area contributed by atoms with E-state index in [1.54, 1.807) is 13.2 Å². The largest absolute Gasteiger partial charge is 0.497 e. The number of rotatable bonds is 4. The van der Waals surface area contributed by atoms with Gasteiger partial charge in [-0.15, -0.1) is 0 Å². The van der Waals surface area contributed by atoms with Crippen LogP contribution in [0.1, 0.15) is 11.3 Å². The molecule has 0 spiro atoms. The normalized spacial score (nSPS) is 10.2. The molecule has 0 aliphatic heterocycles. The molecule has 0 saturated carbocycles. The molecule has 2 rings (SSSR count). The molecular weight excluding hydrogens is 252 g/mol. The van der Waals surface area contributed by atoms with Gasteiger partial charge in [0, 0.05) is 5.69 Å². The second kappa shape index (κ2) is 5.69.